The third kappa shape index (κ3) is 6.21. The van der Waals surface area contributed by atoms with E-state index in [9.17, 15) is 27.2 Å². The second kappa shape index (κ2) is 13.9. The van der Waals surface area contributed by atoms with Gasteiger partial charge in [-0.3, -0.25) is 9.69 Å². The first-order valence-electron chi connectivity index (χ1n) is 10.2. The highest BCUT2D eigenvalue weighted by atomic mass is 19.2. The fourth-order valence-electron chi connectivity index (χ4n) is 3.96. The van der Waals surface area contributed by atoms with E-state index in [-0.39, 0.29) is 12.2 Å². The number of carbonyl (C=O) groups excluding carboxylic acids is 2. The zero-order valence-corrected chi connectivity index (χ0v) is 20.2. The van der Waals surface area contributed by atoms with Crippen LogP contribution in [0.15, 0.2) is 9.98 Å². The summed E-state index contributed by atoms with van der Waals surface area (Å²) in [4.78, 5) is 31.4. The Kier molecular flexibility index (Phi) is 11.9. The molecule has 196 valence electrons. The number of fused-ring (bicyclic) bond motifs is 5. The van der Waals surface area contributed by atoms with Gasteiger partial charge in [0.25, 0.3) is 0 Å². The van der Waals surface area contributed by atoms with E-state index in [1.54, 1.807) is 14.1 Å². The second-order valence-corrected chi connectivity index (χ2v) is 7.01. The lowest BCUT2D eigenvalue weighted by atomic mass is 9.86. The Labute approximate surface area is 200 Å². The maximum atomic E-state index is 14.4. The number of halogens is 4. The molecule has 2 unspecified atom stereocenters. The van der Waals surface area contributed by atoms with Crippen molar-refractivity contribution in [3.05, 3.63) is 34.4 Å². The summed E-state index contributed by atoms with van der Waals surface area (Å²) < 4.78 is 71.6. The number of carbonyl (C=O) groups is 2. The quantitative estimate of drug-likeness (QED) is 0.193. The molecule has 35 heavy (non-hydrogen) atoms. The summed E-state index contributed by atoms with van der Waals surface area (Å²) in [6.07, 6.45) is -2.05. The number of rotatable bonds is 6. The predicted molar refractivity (Wildman–Crippen MR) is 117 cm³/mol. The summed E-state index contributed by atoms with van der Waals surface area (Å²) in [6, 6.07) is 0.316. The molecule has 3 N–H and O–H groups in total. The van der Waals surface area contributed by atoms with E-state index >= 15 is 0 Å². The molecular weight excluding hydrogens is 478 g/mol. The van der Waals surface area contributed by atoms with Gasteiger partial charge in [0.05, 0.1) is 18.1 Å². The number of ether oxygens (including phenoxy) is 3. The molecule has 0 radical (unpaired) electrons. The molecule has 2 aliphatic heterocycles. The molecule has 1 amide bonds. The summed E-state index contributed by atoms with van der Waals surface area (Å²) >= 11 is 0. The molecule has 10 nitrogen and oxygen atoms in total. The number of nitrogens with one attached hydrogen (secondary N) is 1. The van der Waals surface area contributed by atoms with Crippen molar-refractivity contribution in [1.82, 2.24) is 10.2 Å². The van der Waals surface area contributed by atoms with E-state index < -0.39 is 71.6 Å². The minimum absolute atomic E-state index is 0.348. The average molecular weight is 507 g/mol. The molecule has 1 aromatic carbocycles. The number of methoxy groups -OCH3 is 1. The number of hydrogen-bond donors (Lipinski definition) is 2. The van der Waals surface area contributed by atoms with E-state index in [1.807, 2.05) is 0 Å². The van der Waals surface area contributed by atoms with Crippen molar-refractivity contribution in [2.45, 2.75) is 24.3 Å². The molecule has 0 saturated carbocycles. The van der Waals surface area contributed by atoms with Crippen LogP contribution in [0.1, 0.15) is 23.2 Å². The van der Waals surface area contributed by atoms with E-state index in [2.05, 4.69) is 27.0 Å². The van der Waals surface area contributed by atoms with Gasteiger partial charge in [0.1, 0.15) is 25.4 Å². The number of nitrogens with two attached hydrogens (primary N) is 1. The number of aliphatic imine (C=N–C) groups is 2. The molecule has 2 aliphatic rings. The average Bonchev–Trinajstić information content (AvgIpc) is 3.30. The van der Waals surface area contributed by atoms with Crippen molar-refractivity contribution < 1.29 is 41.4 Å². The normalized spacial score (nSPS) is 21.5. The highest BCUT2D eigenvalue weighted by Gasteiger charge is 2.60. The van der Waals surface area contributed by atoms with E-state index in [1.165, 1.54) is 33.2 Å². The lowest BCUT2D eigenvalue weighted by Crippen LogP contribution is -2.39. The number of amides is 1. The van der Waals surface area contributed by atoms with Gasteiger partial charge in [-0.2, -0.15) is 0 Å². The molecule has 0 aromatic heterocycles. The summed E-state index contributed by atoms with van der Waals surface area (Å²) in [5.41, 5.74) is 3.75. The topological polar surface area (TPSA) is 128 Å². The van der Waals surface area contributed by atoms with Crippen LogP contribution in [-0.2, 0) is 23.8 Å². The van der Waals surface area contributed by atoms with Gasteiger partial charge in [0.2, 0.25) is 5.91 Å². The molecular formula is C21H29F4N5O5. The number of benzene rings is 1. The van der Waals surface area contributed by atoms with Crippen LogP contribution in [0.25, 0.3) is 0 Å². The van der Waals surface area contributed by atoms with Crippen LogP contribution in [-0.4, -0.2) is 90.6 Å². The van der Waals surface area contributed by atoms with Crippen molar-refractivity contribution in [2.24, 2.45) is 15.7 Å². The summed E-state index contributed by atoms with van der Waals surface area (Å²) in [7, 11) is 8.91. The first kappa shape index (κ1) is 30.1. The fourth-order valence-corrected chi connectivity index (χ4v) is 3.96. The molecule has 1 saturated heterocycles. The van der Waals surface area contributed by atoms with Crippen LogP contribution in [0.4, 0.5) is 17.6 Å². The van der Waals surface area contributed by atoms with Gasteiger partial charge in [-0.05, 0) is 14.1 Å². The van der Waals surface area contributed by atoms with Gasteiger partial charge in [0.15, 0.2) is 23.3 Å². The Morgan fingerprint density at radius 2 is 1.46 bits per heavy atom. The smallest absolute Gasteiger partial charge is 0.332 e. The van der Waals surface area contributed by atoms with E-state index in [0.717, 1.165) is 0 Å². The minimum atomic E-state index is -1.93. The lowest BCUT2D eigenvalue weighted by Gasteiger charge is -2.30. The molecule has 2 bridgehead atoms. The molecule has 14 heteroatoms. The molecule has 4 atom stereocenters. The SMILES string of the molecule is CN.CN=C=NC.CNC(=O)COCC(=O)OC1C2c3c(F)c(F)c(F)c(F)c3[C@@H]([C@H]1OC)N2C. The molecule has 0 spiro atoms. The third-order valence-corrected chi connectivity index (χ3v) is 5.23. The highest BCUT2D eigenvalue weighted by Crippen LogP contribution is 2.56. The largest absolute Gasteiger partial charge is 0.456 e. The minimum Gasteiger partial charge on any atom is -0.456 e. The van der Waals surface area contributed by atoms with E-state index in [0.29, 0.717) is 0 Å². The zero-order chi connectivity index (χ0) is 26.9. The van der Waals surface area contributed by atoms with Gasteiger partial charge in [-0.1, -0.05) is 0 Å². The van der Waals surface area contributed by atoms with Crippen LogP contribution in [0.3, 0.4) is 0 Å². The molecule has 1 aromatic rings. The molecule has 3 rings (SSSR count). The van der Waals surface area contributed by atoms with Gasteiger partial charge < -0.3 is 25.3 Å². The molecule has 2 heterocycles. The van der Waals surface area contributed by atoms with Crippen LogP contribution >= 0.6 is 0 Å². The highest BCUT2D eigenvalue weighted by molar-refractivity contribution is 5.77. The Hall–Kier alpha value is -2.90. The number of esters is 1. The maximum absolute atomic E-state index is 14.4. The Morgan fingerprint density at radius 3 is 1.86 bits per heavy atom. The van der Waals surface area contributed by atoms with Crippen LogP contribution in [0, 0.1) is 23.3 Å². The Balaban J connectivity index is 0.000000779. The standard InChI is InChI=1S/C17H18F4N2O5.C3H6N2.CH5N/c1-22-6(24)4-27-5-7(25)28-17-15-9-8(14(23(15)2)16(17)26-3)10(18)12(20)13(21)11(9)19;1-4-3-5-2;1-2/h14-17H,4-5H2,1-3H3,(H,22,24);1-2H3;2H2,1H3/t14-,15?,16+,17?;;/m0../s1. The number of hydrogen-bond acceptors (Lipinski definition) is 9. The van der Waals surface area contributed by atoms with E-state index in [4.69, 9.17) is 14.2 Å². The van der Waals surface area contributed by atoms with Crippen molar-refractivity contribution in [3.8, 4) is 0 Å². The lowest BCUT2D eigenvalue weighted by molar-refractivity contribution is -0.162. The van der Waals surface area contributed by atoms with Crippen molar-refractivity contribution >= 4 is 17.9 Å². The van der Waals surface area contributed by atoms with Gasteiger partial charge in [0, 0.05) is 39.4 Å². The van der Waals surface area contributed by atoms with Gasteiger partial charge in [-0.25, -0.2) is 32.3 Å². The third-order valence-electron chi connectivity index (χ3n) is 5.23. The predicted octanol–water partition coefficient (Wildman–Crippen LogP) is 0.968. The summed E-state index contributed by atoms with van der Waals surface area (Å²) in [5, 5.41) is 2.30. The molecule has 0 aliphatic carbocycles. The Bertz CT molecular complexity index is 968. The first-order chi connectivity index (χ1) is 16.7. The fraction of sp³-hybridized carbons (Fsp3) is 0.571. The van der Waals surface area contributed by atoms with Crippen LogP contribution in [0.5, 0.6) is 0 Å². The second-order valence-electron chi connectivity index (χ2n) is 7.01. The van der Waals surface area contributed by atoms with Gasteiger partial charge in [-0.15, -0.1) is 0 Å². The zero-order valence-electron chi connectivity index (χ0n) is 20.2. The Morgan fingerprint density at radius 1 is 0.971 bits per heavy atom. The molecule has 1 fully saturated rings. The van der Waals surface area contributed by atoms with Crippen molar-refractivity contribution in [2.75, 3.05) is 55.6 Å². The van der Waals surface area contributed by atoms with Gasteiger partial charge >= 0.3 is 5.97 Å². The summed E-state index contributed by atoms with van der Waals surface area (Å²) in [5.74, 6) is -8.17. The number of likely N-dealkylation sites (N-methyl/N-ethyl adjacent to an activating group) is 2. The van der Waals surface area contributed by atoms with Crippen LogP contribution < -0.4 is 11.1 Å². The van der Waals surface area contributed by atoms with Crippen molar-refractivity contribution in [1.29, 1.82) is 0 Å². The summed E-state index contributed by atoms with van der Waals surface area (Å²) in [6.45, 7) is -0.938. The first-order valence-corrected chi connectivity index (χ1v) is 10.2. The number of nitrogens with zero attached hydrogens (tertiary/aromatic N) is 3. The van der Waals surface area contributed by atoms with Crippen molar-refractivity contribution in [3.63, 3.8) is 0 Å². The van der Waals surface area contributed by atoms with Crippen LogP contribution in [0.2, 0.25) is 0 Å². The maximum Gasteiger partial charge on any atom is 0.332 e. The monoisotopic (exact) mass is 507 g/mol.